The van der Waals surface area contributed by atoms with Gasteiger partial charge >= 0.3 is 67.2 Å². The van der Waals surface area contributed by atoms with Crippen LogP contribution in [0.25, 0.3) is 0 Å². The van der Waals surface area contributed by atoms with Gasteiger partial charge in [-0.1, -0.05) is 0 Å². The first-order valence-corrected chi connectivity index (χ1v) is 3.45. The maximum atomic E-state index is 8.42. The molecular weight excluding hydrogens is 291 g/mol. The average molecular weight is 292 g/mol. The summed E-state index contributed by atoms with van der Waals surface area (Å²) in [6.45, 7) is 0. The van der Waals surface area contributed by atoms with Crippen molar-refractivity contribution < 1.29 is 42.8 Å². The SMILES string of the molecule is [O]=[InH].[O]=[Nd]. The fourth-order valence-corrected chi connectivity index (χ4v) is 0. The van der Waals surface area contributed by atoms with Crippen LogP contribution in [-0.4, -0.2) is 24.4 Å². The van der Waals surface area contributed by atoms with Crippen molar-refractivity contribution in [2.24, 2.45) is 0 Å². The van der Waals surface area contributed by atoms with Crippen LogP contribution in [0.3, 0.4) is 0 Å². The third-order valence-electron chi connectivity index (χ3n) is 0. The minimum atomic E-state index is -0.1000. The molecule has 0 rings (SSSR count). The molecule has 0 aliphatic heterocycles. The van der Waals surface area contributed by atoms with Crippen molar-refractivity contribution >= 4 is 24.4 Å². The second kappa shape index (κ2) is 21.2. The zero-order chi connectivity index (χ0) is 4.00. The van der Waals surface area contributed by atoms with Crippen molar-refractivity contribution in [2.75, 3.05) is 0 Å². The van der Waals surface area contributed by atoms with E-state index in [4.69, 9.17) is 3.91 Å². The van der Waals surface area contributed by atoms with Crippen LogP contribution in [0.15, 0.2) is 0 Å². The Balaban J connectivity index is 0. The van der Waals surface area contributed by atoms with Crippen molar-refractivity contribution in [3.63, 3.8) is 0 Å². The van der Waals surface area contributed by atoms with Crippen LogP contribution < -0.4 is 0 Å². The molecule has 0 N–H and O–H groups in total. The second-order valence-electron chi connectivity index (χ2n) is 0. The summed E-state index contributed by atoms with van der Waals surface area (Å²) in [4.78, 5) is 0. The van der Waals surface area contributed by atoms with Crippen LogP contribution in [0.4, 0.5) is 0 Å². The van der Waals surface area contributed by atoms with Gasteiger partial charge in [0.15, 0.2) is 0 Å². The van der Waals surface area contributed by atoms with Crippen LogP contribution in [0.1, 0.15) is 0 Å². The van der Waals surface area contributed by atoms with Crippen LogP contribution in [-0.2, 0) is 3.91 Å². The monoisotopic (exact) mass is 290 g/mol. The normalized spacial score (nSPS) is 1.50. The van der Waals surface area contributed by atoms with Crippen LogP contribution in [0, 0.1) is 38.9 Å². The average Bonchev–Trinajstić information content (AvgIpc) is 1.50. The molecule has 0 bridgehead atoms. The van der Waals surface area contributed by atoms with Gasteiger partial charge in [0.1, 0.15) is 0 Å². The quantitative estimate of drug-likeness (QED) is 0.581. The van der Waals surface area contributed by atoms with Crippen molar-refractivity contribution in [2.45, 2.75) is 0 Å². The van der Waals surface area contributed by atoms with Gasteiger partial charge in [-0.15, -0.1) is 0 Å². The Hall–Kier alpha value is 1.82. The van der Waals surface area contributed by atoms with Crippen molar-refractivity contribution in [1.29, 1.82) is 0 Å². The van der Waals surface area contributed by atoms with Crippen molar-refractivity contribution in [3.05, 3.63) is 0 Å². The molecule has 0 radical (unpaired) electrons. The fourth-order valence-electron chi connectivity index (χ4n) is 0. The van der Waals surface area contributed by atoms with E-state index in [0.29, 0.717) is 0 Å². The Morgan fingerprint density at radius 1 is 1.25 bits per heavy atom. The Kier molecular flexibility index (Phi) is 49.2. The minimum absolute atomic E-state index is 0.0556. The molecule has 0 saturated carbocycles. The van der Waals surface area contributed by atoms with Gasteiger partial charge in [-0.2, -0.15) is 0 Å². The first-order valence-electron chi connectivity index (χ1n) is 0.493. The van der Waals surface area contributed by atoms with E-state index in [0.717, 1.165) is 0 Å². The molecule has 0 aliphatic rings. The number of hydrogen-bond donors (Lipinski definition) is 0. The second-order valence-corrected chi connectivity index (χ2v) is 0. The molecule has 0 aliphatic carbocycles. The molecule has 0 aromatic rings. The molecule has 0 heterocycles. The van der Waals surface area contributed by atoms with Gasteiger partial charge in [-0.3, -0.25) is 0 Å². The molecule has 0 atom stereocenters. The molecular formula is HInNdO2. The molecule has 0 aromatic carbocycles. The molecule has 0 spiro atoms. The standard InChI is InChI=1S/In.Nd.2O.H. The predicted octanol–water partition coefficient (Wildman–Crippen LogP) is -0.886. The number of rotatable bonds is 0. The van der Waals surface area contributed by atoms with E-state index < -0.39 is 0 Å². The van der Waals surface area contributed by atoms with E-state index in [2.05, 4.69) is 0 Å². The maximum absolute atomic E-state index is 8.42. The molecule has 20 valence electrons. The van der Waals surface area contributed by atoms with E-state index in [1.807, 2.05) is 0 Å². The molecule has 4 heteroatoms. The molecule has 0 aromatic heterocycles. The fraction of sp³-hybridized carbons (Fsp3) is 0. The molecule has 0 saturated heterocycles. The summed E-state index contributed by atoms with van der Waals surface area (Å²) in [6, 6.07) is 0. The molecule has 4 heavy (non-hydrogen) atoms. The molecule has 0 amide bonds. The summed E-state index contributed by atoms with van der Waals surface area (Å²) >= 11 is -0.0444. The van der Waals surface area contributed by atoms with Crippen LogP contribution in [0.2, 0.25) is 0 Å². The van der Waals surface area contributed by atoms with Gasteiger partial charge < -0.3 is 0 Å². The van der Waals surface area contributed by atoms with E-state index in [-0.39, 0.29) is 63.3 Å². The van der Waals surface area contributed by atoms with E-state index in [9.17, 15) is 0 Å². The van der Waals surface area contributed by atoms with Gasteiger partial charge in [-0.05, 0) is 0 Å². The van der Waals surface area contributed by atoms with Gasteiger partial charge in [0, 0.05) is 0 Å². The summed E-state index contributed by atoms with van der Waals surface area (Å²) < 4.78 is 16.8. The molecule has 0 unspecified atom stereocenters. The summed E-state index contributed by atoms with van der Waals surface area (Å²) in [5, 5.41) is 0. The van der Waals surface area contributed by atoms with E-state index in [1.54, 1.807) is 0 Å². The van der Waals surface area contributed by atoms with Crippen molar-refractivity contribution in [3.8, 4) is 0 Å². The Labute approximate surface area is 65.8 Å². The summed E-state index contributed by atoms with van der Waals surface area (Å²) in [5.74, 6) is 0. The molecule has 0 fully saturated rings. The first-order chi connectivity index (χ1) is 2.00. The summed E-state index contributed by atoms with van der Waals surface area (Å²) in [5.41, 5.74) is 0. The van der Waals surface area contributed by atoms with Crippen LogP contribution in [0.5, 0.6) is 0 Å². The Morgan fingerprint density at radius 2 is 1.25 bits per heavy atom. The third kappa shape index (κ3) is 9.17. The van der Waals surface area contributed by atoms with Crippen molar-refractivity contribution in [1.82, 2.24) is 0 Å². The van der Waals surface area contributed by atoms with Crippen LogP contribution >= 0.6 is 0 Å². The summed E-state index contributed by atoms with van der Waals surface area (Å²) in [7, 11) is 0. The molecule has 2 nitrogen and oxygen atoms in total. The predicted molar refractivity (Wildman–Crippen MR) is 8.52 cm³/mol. The summed E-state index contributed by atoms with van der Waals surface area (Å²) in [6.07, 6.45) is 0. The number of hydrogen-bond acceptors (Lipinski definition) is 2. The van der Waals surface area contributed by atoms with Gasteiger partial charge in [0.2, 0.25) is 0 Å². The zero-order valence-corrected chi connectivity index (χ0v) is 9.27. The van der Waals surface area contributed by atoms with E-state index >= 15 is 0 Å². The van der Waals surface area contributed by atoms with E-state index in [1.165, 1.54) is 0 Å². The van der Waals surface area contributed by atoms with Gasteiger partial charge in [-0.25, -0.2) is 0 Å². The topological polar surface area (TPSA) is 34.1 Å². The first kappa shape index (κ1) is 9.27. The van der Waals surface area contributed by atoms with Gasteiger partial charge in [0.25, 0.3) is 0 Å². The Bertz CT molecular complexity index is 8.00. The zero-order valence-electron chi connectivity index (χ0n) is 2.02. The Morgan fingerprint density at radius 3 is 1.25 bits per heavy atom. The third-order valence-corrected chi connectivity index (χ3v) is 0. The van der Waals surface area contributed by atoms with Gasteiger partial charge in [0.05, 0.1) is 0 Å².